The maximum Gasteiger partial charge on any atom is 0.0110 e. The molecule has 1 heterocycles. The van der Waals surface area contributed by atoms with Gasteiger partial charge in [0.2, 0.25) is 0 Å². The topological polar surface area (TPSA) is 6.48 Å². The van der Waals surface area contributed by atoms with Crippen LogP contribution in [0.3, 0.4) is 0 Å². The SMILES string of the molecule is CCCN1CCN(CC(C)CS)CC1. The van der Waals surface area contributed by atoms with Crippen molar-refractivity contribution in [2.75, 3.05) is 45.0 Å². The molecule has 0 saturated carbocycles. The van der Waals surface area contributed by atoms with Gasteiger partial charge >= 0.3 is 0 Å². The van der Waals surface area contributed by atoms with Crippen molar-refractivity contribution in [3.05, 3.63) is 0 Å². The Kier molecular flexibility index (Phi) is 5.90. The van der Waals surface area contributed by atoms with Crippen molar-refractivity contribution >= 4 is 12.6 Å². The third-order valence-electron chi connectivity index (χ3n) is 2.89. The first-order valence-corrected chi connectivity index (χ1v) is 6.45. The van der Waals surface area contributed by atoms with Crippen LogP contribution in [0.25, 0.3) is 0 Å². The van der Waals surface area contributed by atoms with Gasteiger partial charge in [0.05, 0.1) is 0 Å². The highest BCUT2D eigenvalue weighted by molar-refractivity contribution is 7.80. The maximum atomic E-state index is 4.33. The van der Waals surface area contributed by atoms with E-state index in [2.05, 4.69) is 36.3 Å². The summed E-state index contributed by atoms with van der Waals surface area (Å²) in [6.07, 6.45) is 1.28. The first kappa shape index (κ1) is 12.3. The first-order chi connectivity index (χ1) is 6.76. The summed E-state index contributed by atoms with van der Waals surface area (Å²) in [7, 11) is 0. The molecule has 0 N–H and O–H groups in total. The zero-order valence-corrected chi connectivity index (χ0v) is 10.5. The average Bonchev–Trinajstić information content (AvgIpc) is 2.21. The van der Waals surface area contributed by atoms with Crippen LogP contribution in [0, 0.1) is 5.92 Å². The molecule has 0 spiro atoms. The summed E-state index contributed by atoms with van der Waals surface area (Å²) in [6.45, 7) is 12.1. The fourth-order valence-corrected chi connectivity index (χ4v) is 2.13. The molecule has 3 heteroatoms. The predicted molar refractivity (Wildman–Crippen MR) is 66.2 cm³/mol. The number of rotatable bonds is 5. The normalized spacial score (nSPS) is 22.5. The zero-order chi connectivity index (χ0) is 10.4. The van der Waals surface area contributed by atoms with Gasteiger partial charge in [0.25, 0.3) is 0 Å². The second-order valence-electron chi connectivity index (χ2n) is 4.43. The molecule has 0 radical (unpaired) electrons. The van der Waals surface area contributed by atoms with Gasteiger partial charge in [-0.05, 0) is 24.6 Å². The second kappa shape index (κ2) is 6.70. The Bertz CT molecular complexity index is 144. The molecule has 1 atom stereocenters. The molecule has 0 bridgehead atoms. The fourth-order valence-electron chi connectivity index (χ4n) is 2.01. The molecule has 0 amide bonds. The Morgan fingerprint density at radius 1 is 1.14 bits per heavy atom. The van der Waals surface area contributed by atoms with Crippen LogP contribution in [0.1, 0.15) is 20.3 Å². The molecule has 14 heavy (non-hydrogen) atoms. The van der Waals surface area contributed by atoms with Gasteiger partial charge < -0.3 is 9.80 Å². The minimum Gasteiger partial charge on any atom is -0.301 e. The van der Waals surface area contributed by atoms with E-state index in [1.54, 1.807) is 0 Å². The van der Waals surface area contributed by atoms with Gasteiger partial charge in [0.15, 0.2) is 0 Å². The fraction of sp³-hybridized carbons (Fsp3) is 1.00. The minimum atomic E-state index is 0.732. The first-order valence-electron chi connectivity index (χ1n) is 5.81. The standard InChI is InChI=1S/C11H24N2S/c1-3-4-12-5-7-13(8-6-12)9-11(2)10-14/h11,14H,3-10H2,1-2H3. The number of hydrogen-bond donors (Lipinski definition) is 1. The molecule has 0 aliphatic carbocycles. The maximum absolute atomic E-state index is 4.33. The molecular formula is C11H24N2S. The van der Waals surface area contributed by atoms with Crippen molar-refractivity contribution in [2.45, 2.75) is 20.3 Å². The summed E-state index contributed by atoms with van der Waals surface area (Å²) in [5.74, 6) is 1.74. The summed E-state index contributed by atoms with van der Waals surface area (Å²) in [5, 5.41) is 0. The lowest BCUT2D eigenvalue weighted by Crippen LogP contribution is -2.47. The van der Waals surface area contributed by atoms with Crippen LogP contribution in [0.5, 0.6) is 0 Å². The van der Waals surface area contributed by atoms with Gasteiger partial charge in [-0.1, -0.05) is 13.8 Å². The second-order valence-corrected chi connectivity index (χ2v) is 4.80. The van der Waals surface area contributed by atoms with Gasteiger partial charge in [0, 0.05) is 32.7 Å². The lowest BCUT2D eigenvalue weighted by molar-refractivity contribution is 0.123. The Morgan fingerprint density at radius 3 is 2.21 bits per heavy atom. The smallest absolute Gasteiger partial charge is 0.0110 e. The van der Waals surface area contributed by atoms with Gasteiger partial charge in [0.1, 0.15) is 0 Å². The van der Waals surface area contributed by atoms with E-state index in [4.69, 9.17) is 0 Å². The Hall–Kier alpha value is 0.270. The highest BCUT2D eigenvalue weighted by atomic mass is 32.1. The molecule has 0 aromatic heterocycles. The van der Waals surface area contributed by atoms with E-state index < -0.39 is 0 Å². The highest BCUT2D eigenvalue weighted by Crippen LogP contribution is 2.06. The Morgan fingerprint density at radius 2 is 1.71 bits per heavy atom. The predicted octanol–water partition coefficient (Wildman–Crippen LogP) is 1.58. The summed E-state index contributed by atoms with van der Waals surface area (Å²) < 4.78 is 0. The number of nitrogens with zero attached hydrogens (tertiary/aromatic N) is 2. The van der Waals surface area contributed by atoms with E-state index in [-0.39, 0.29) is 0 Å². The lowest BCUT2D eigenvalue weighted by Gasteiger charge is -2.35. The highest BCUT2D eigenvalue weighted by Gasteiger charge is 2.16. The third-order valence-corrected chi connectivity index (χ3v) is 3.51. The summed E-state index contributed by atoms with van der Waals surface area (Å²) in [5.41, 5.74) is 0. The van der Waals surface area contributed by atoms with Crippen LogP contribution in [-0.2, 0) is 0 Å². The monoisotopic (exact) mass is 216 g/mol. The van der Waals surface area contributed by atoms with Crippen LogP contribution in [0.15, 0.2) is 0 Å². The molecule has 1 saturated heterocycles. The molecule has 1 aliphatic rings. The molecule has 1 aliphatic heterocycles. The van der Waals surface area contributed by atoms with Crippen molar-refractivity contribution < 1.29 is 0 Å². The molecule has 1 unspecified atom stereocenters. The van der Waals surface area contributed by atoms with E-state index in [1.807, 2.05) is 0 Å². The molecule has 0 aromatic rings. The van der Waals surface area contributed by atoms with Crippen molar-refractivity contribution in [1.29, 1.82) is 0 Å². The molecule has 0 aromatic carbocycles. The number of thiol groups is 1. The quantitative estimate of drug-likeness (QED) is 0.697. The summed E-state index contributed by atoms with van der Waals surface area (Å²) >= 11 is 4.33. The summed E-state index contributed by atoms with van der Waals surface area (Å²) in [4.78, 5) is 5.15. The molecular weight excluding hydrogens is 192 g/mol. The molecule has 84 valence electrons. The van der Waals surface area contributed by atoms with Gasteiger partial charge in [-0.25, -0.2) is 0 Å². The Balaban J connectivity index is 2.15. The zero-order valence-electron chi connectivity index (χ0n) is 9.58. The van der Waals surface area contributed by atoms with E-state index >= 15 is 0 Å². The van der Waals surface area contributed by atoms with Crippen LogP contribution in [0.2, 0.25) is 0 Å². The van der Waals surface area contributed by atoms with Crippen LogP contribution in [0.4, 0.5) is 0 Å². The number of hydrogen-bond acceptors (Lipinski definition) is 3. The van der Waals surface area contributed by atoms with Gasteiger partial charge in [-0.15, -0.1) is 0 Å². The van der Waals surface area contributed by atoms with E-state index in [0.717, 1.165) is 11.7 Å². The van der Waals surface area contributed by atoms with Gasteiger partial charge in [-0.3, -0.25) is 0 Å². The minimum absolute atomic E-state index is 0.732. The number of piperazine rings is 1. The molecule has 2 nitrogen and oxygen atoms in total. The van der Waals surface area contributed by atoms with Crippen molar-refractivity contribution in [3.8, 4) is 0 Å². The summed E-state index contributed by atoms with van der Waals surface area (Å²) in [6, 6.07) is 0. The third kappa shape index (κ3) is 4.20. The van der Waals surface area contributed by atoms with E-state index in [9.17, 15) is 0 Å². The largest absolute Gasteiger partial charge is 0.301 e. The van der Waals surface area contributed by atoms with E-state index in [0.29, 0.717) is 0 Å². The lowest BCUT2D eigenvalue weighted by atomic mass is 10.2. The van der Waals surface area contributed by atoms with E-state index in [1.165, 1.54) is 45.7 Å². The van der Waals surface area contributed by atoms with Crippen molar-refractivity contribution in [3.63, 3.8) is 0 Å². The van der Waals surface area contributed by atoms with Crippen LogP contribution in [-0.4, -0.2) is 54.8 Å². The molecule has 1 rings (SSSR count). The van der Waals surface area contributed by atoms with Crippen molar-refractivity contribution in [1.82, 2.24) is 9.80 Å². The molecule has 1 fully saturated rings. The Labute approximate surface area is 94.1 Å². The average molecular weight is 216 g/mol. The van der Waals surface area contributed by atoms with Crippen LogP contribution < -0.4 is 0 Å². The van der Waals surface area contributed by atoms with Crippen LogP contribution >= 0.6 is 12.6 Å². The van der Waals surface area contributed by atoms with Gasteiger partial charge in [-0.2, -0.15) is 12.6 Å². The van der Waals surface area contributed by atoms with Crippen molar-refractivity contribution in [2.24, 2.45) is 5.92 Å².